The molecule has 0 unspecified atom stereocenters. The van der Waals surface area contributed by atoms with Gasteiger partial charge in [0.1, 0.15) is 6.54 Å². The largest absolute Gasteiger partial charge is 0.480 e. The van der Waals surface area contributed by atoms with Gasteiger partial charge in [-0.25, -0.2) is 4.79 Å². The molecule has 0 bridgehead atoms. The highest BCUT2D eigenvalue weighted by molar-refractivity contribution is 9.10. The molecule has 0 aromatic heterocycles. The van der Waals surface area contributed by atoms with Crippen LogP contribution in [0.5, 0.6) is 0 Å². The first-order valence-electron chi connectivity index (χ1n) is 5.72. The smallest absolute Gasteiger partial charge is 0.322 e. The van der Waals surface area contributed by atoms with Crippen LogP contribution in [0.3, 0.4) is 0 Å². The van der Waals surface area contributed by atoms with Crippen molar-refractivity contribution in [2.45, 2.75) is 6.54 Å². The van der Waals surface area contributed by atoms with Crippen molar-refractivity contribution < 1.29 is 19.5 Å². The monoisotopic (exact) mass is 343 g/mol. The molecule has 0 aliphatic rings. The van der Waals surface area contributed by atoms with Gasteiger partial charge in [-0.05, 0) is 11.6 Å². The summed E-state index contributed by atoms with van der Waals surface area (Å²) in [5.74, 6) is -1.71. The third kappa shape index (κ3) is 6.19. The lowest BCUT2D eigenvalue weighted by molar-refractivity contribution is -0.137. The van der Waals surface area contributed by atoms with Crippen LogP contribution in [0.1, 0.15) is 5.56 Å². The Labute approximate surface area is 123 Å². The number of hydrogen-bond donors (Lipinski definition) is 4. The van der Waals surface area contributed by atoms with E-state index >= 15 is 0 Å². The van der Waals surface area contributed by atoms with Crippen LogP contribution >= 0.6 is 15.9 Å². The second-order valence-corrected chi connectivity index (χ2v) is 4.65. The number of benzene rings is 1. The van der Waals surface area contributed by atoms with Crippen molar-refractivity contribution in [2.24, 2.45) is 0 Å². The standard InChI is InChI=1S/C12H14BrN3O4/c13-9-4-2-1-3-8(9)5-15-12(20)16-6-10(17)14-7-11(18)19/h1-4H,5-7H2,(H,14,17)(H,18,19)(H2,15,16,20). The molecule has 0 aliphatic carbocycles. The number of amides is 3. The molecule has 0 heterocycles. The molecule has 8 heteroatoms. The number of aliphatic carboxylic acids is 1. The third-order valence-corrected chi connectivity index (χ3v) is 3.02. The normalized spacial score (nSPS) is 9.65. The van der Waals surface area contributed by atoms with Crippen LogP contribution < -0.4 is 16.0 Å². The number of carbonyl (C=O) groups is 3. The van der Waals surface area contributed by atoms with E-state index in [1.54, 1.807) is 0 Å². The van der Waals surface area contributed by atoms with Crippen LogP contribution in [0.2, 0.25) is 0 Å². The maximum absolute atomic E-state index is 11.4. The molecule has 1 aromatic rings. The maximum Gasteiger partial charge on any atom is 0.322 e. The Kier molecular flexibility index (Phi) is 6.51. The molecule has 3 amide bonds. The Bertz CT molecular complexity index is 507. The Morgan fingerprint density at radius 2 is 1.75 bits per heavy atom. The van der Waals surface area contributed by atoms with E-state index in [4.69, 9.17) is 5.11 Å². The van der Waals surface area contributed by atoms with Gasteiger partial charge >= 0.3 is 12.0 Å². The van der Waals surface area contributed by atoms with Crippen molar-refractivity contribution in [3.05, 3.63) is 34.3 Å². The van der Waals surface area contributed by atoms with E-state index in [2.05, 4.69) is 31.9 Å². The number of halogens is 1. The molecular weight excluding hydrogens is 330 g/mol. The van der Waals surface area contributed by atoms with E-state index in [0.29, 0.717) is 6.54 Å². The summed E-state index contributed by atoms with van der Waals surface area (Å²) in [7, 11) is 0. The highest BCUT2D eigenvalue weighted by atomic mass is 79.9. The van der Waals surface area contributed by atoms with Gasteiger partial charge in [0.15, 0.2) is 0 Å². The molecule has 0 aliphatic heterocycles. The molecule has 7 nitrogen and oxygen atoms in total. The first kappa shape index (κ1) is 16.0. The minimum Gasteiger partial charge on any atom is -0.480 e. The third-order valence-electron chi connectivity index (χ3n) is 2.24. The van der Waals surface area contributed by atoms with Gasteiger partial charge in [-0.3, -0.25) is 9.59 Å². The SMILES string of the molecule is O=C(O)CNC(=O)CNC(=O)NCc1ccccc1Br. The van der Waals surface area contributed by atoms with E-state index in [-0.39, 0.29) is 6.54 Å². The number of rotatable bonds is 6. The fraction of sp³-hybridized carbons (Fsp3) is 0.250. The number of carboxylic acid groups (broad SMARTS) is 1. The first-order valence-corrected chi connectivity index (χ1v) is 6.52. The Hall–Kier alpha value is -2.09. The highest BCUT2D eigenvalue weighted by Crippen LogP contribution is 2.14. The Morgan fingerprint density at radius 3 is 2.40 bits per heavy atom. The van der Waals surface area contributed by atoms with Crippen molar-refractivity contribution in [1.82, 2.24) is 16.0 Å². The predicted molar refractivity (Wildman–Crippen MR) is 75.0 cm³/mol. The first-order chi connectivity index (χ1) is 9.49. The average Bonchev–Trinajstić information content (AvgIpc) is 2.42. The van der Waals surface area contributed by atoms with E-state index < -0.39 is 24.5 Å². The quantitative estimate of drug-likeness (QED) is 0.601. The zero-order valence-electron chi connectivity index (χ0n) is 10.5. The molecule has 1 aromatic carbocycles. The summed E-state index contributed by atoms with van der Waals surface area (Å²) in [5.41, 5.74) is 0.901. The molecule has 1 rings (SSSR count). The molecule has 4 N–H and O–H groups in total. The summed E-state index contributed by atoms with van der Waals surface area (Å²) < 4.78 is 0.875. The summed E-state index contributed by atoms with van der Waals surface area (Å²) in [6.45, 7) is -0.446. The second-order valence-electron chi connectivity index (χ2n) is 3.80. The van der Waals surface area contributed by atoms with Crippen molar-refractivity contribution >= 4 is 33.8 Å². The molecule has 0 saturated heterocycles. The van der Waals surface area contributed by atoms with E-state index in [1.807, 2.05) is 24.3 Å². The topological polar surface area (TPSA) is 108 Å². The van der Waals surface area contributed by atoms with Gasteiger partial charge in [0.2, 0.25) is 5.91 Å². The van der Waals surface area contributed by atoms with Crippen molar-refractivity contribution in [2.75, 3.05) is 13.1 Å². The average molecular weight is 344 g/mol. The summed E-state index contributed by atoms with van der Waals surface area (Å²) in [4.78, 5) is 32.8. The van der Waals surface area contributed by atoms with Gasteiger partial charge < -0.3 is 21.1 Å². The summed E-state index contributed by atoms with van der Waals surface area (Å²) in [6, 6.07) is 6.91. The van der Waals surface area contributed by atoms with E-state index in [9.17, 15) is 14.4 Å². The van der Waals surface area contributed by atoms with Crippen LogP contribution in [-0.2, 0) is 16.1 Å². The van der Waals surface area contributed by atoms with Crippen molar-refractivity contribution in [3.8, 4) is 0 Å². The van der Waals surface area contributed by atoms with Crippen LogP contribution in [0.4, 0.5) is 4.79 Å². The lowest BCUT2D eigenvalue weighted by Crippen LogP contribution is -2.42. The molecule has 0 fully saturated rings. The van der Waals surface area contributed by atoms with Crippen LogP contribution in [-0.4, -0.2) is 36.1 Å². The minimum absolute atomic E-state index is 0.283. The van der Waals surface area contributed by atoms with Gasteiger partial charge in [0, 0.05) is 11.0 Å². The van der Waals surface area contributed by atoms with Crippen LogP contribution in [0.25, 0.3) is 0 Å². The molecule has 0 radical (unpaired) electrons. The lowest BCUT2D eigenvalue weighted by atomic mass is 10.2. The van der Waals surface area contributed by atoms with Gasteiger partial charge in [-0.1, -0.05) is 34.1 Å². The minimum atomic E-state index is -1.14. The summed E-state index contributed by atoms with van der Waals surface area (Å²) in [5, 5.41) is 15.4. The molecule has 0 saturated carbocycles. The lowest BCUT2D eigenvalue weighted by Gasteiger charge is -2.08. The molecule has 20 heavy (non-hydrogen) atoms. The summed E-state index contributed by atoms with van der Waals surface area (Å²) >= 11 is 3.35. The number of carbonyl (C=O) groups excluding carboxylic acids is 2. The number of carboxylic acids is 1. The van der Waals surface area contributed by atoms with Crippen LogP contribution in [0, 0.1) is 0 Å². The molecule has 108 valence electrons. The number of nitrogens with one attached hydrogen (secondary N) is 3. The van der Waals surface area contributed by atoms with E-state index in [1.165, 1.54) is 0 Å². The van der Waals surface area contributed by atoms with E-state index in [0.717, 1.165) is 10.0 Å². The predicted octanol–water partition coefficient (Wildman–Crippen LogP) is 0.449. The molecule has 0 atom stereocenters. The van der Waals surface area contributed by atoms with Gasteiger partial charge in [-0.2, -0.15) is 0 Å². The number of hydrogen-bond acceptors (Lipinski definition) is 3. The fourth-order valence-electron chi connectivity index (χ4n) is 1.28. The van der Waals surface area contributed by atoms with Crippen molar-refractivity contribution in [3.63, 3.8) is 0 Å². The van der Waals surface area contributed by atoms with Crippen LogP contribution in [0.15, 0.2) is 28.7 Å². The fourth-order valence-corrected chi connectivity index (χ4v) is 1.70. The zero-order valence-corrected chi connectivity index (χ0v) is 12.1. The highest BCUT2D eigenvalue weighted by Gasteiger charge is 2.07. The van der Waals surface area contributed by atoms with Gasteiger partial charge in [0.25, 0.3) is 0 Å². The molecular formula is C12H14BrN3O4. The Morgan fingerprint density at radius 1 is 1.05 bits per heavy atom. The maximum atomic E-state index is 11.4. The zero-order chi connectivity index (χ0) is 15.0. The molecule has 0 spiro atoms. The Balaban J connectivity index is 2.25. The summed E-state index contributed by atoms with van der Waals surface area (Å²) in [6.07, 6.45) is 0. The number of urea groups is 1. The van der Waals surface area contributed by atoms with Gasteiger partial charge in [0.05, 0.1) is 6.54 Å². The second kappa shape index (κ2) is 8.16. The van der Waals surface area contributed by atoms with Gasteiger partial charge in [-0.15, -0.1) is 0 Å². The van der Waals surface area contributed by atoms with Crippen molar-refractivity contribution in [1.29, 1.82) is 0 Å².